The summed E-state index contributed by atoms with van der Waals surface area (Å²) < 4.78 is 11.3. The van der Waals surface area contributed by atoms with E-state index in [-0.39, 0.29) is 32.0 Å². The van der Waals surface area contributed by atoms with Crippen LogP contribution in [0.25, 0.3) is 11.1 Å². The van der Waals surface area contributed by atoms with Crippen LogP contribution >= 0.6 is 0 Å². The van der Waals surface area contributed by atoms with Gasteiger partial charge in [-0.25, -0.2) is 4.79 Å². The topological polar surface area (TPSA) is 172 Å². The number of aliphatic carboxylic acids is 1. The molecule has 1 aliphatic carbocycles. The average Bonchev–Trinajstić information content (AvgIpc) is 3.61. The van der Waals surface area contributed by atoms with E-state index in [9.17, 15) is 33.9 Å². The van der Waals surface area contributed by atoms with Crippen LogP contribution in [0.15, 0.2) is 140 Å². The molecule has 0 saturated carbocycles. The number of hydrogen-bond acceptors (Lipinski definition) is 8. The molecule has 5 aromatic carbocycles. The van der Waals surface area contributed by atoms with E-state index in [1.54, 1.807) is 84.9 Å². The van der Waals surface area contributed by atoms with Crippen LogP contribution in [0.1, 0.15) is 47.1 Å². The van der Waals surface area contributed by atoms with Crippen molar-refractivity contribution in [3.05, 3.63) is 167 Å². The van der Waals surface area contributed by atoms with Gasteiger partial charge < -0.3 is 35.0 Å². The summed E-state index contributed by atoms with van der Waals surface area (Å²) in [5, 5.41) is 14.6. The quantitative estimate of drug-likeness (QED) is 0.0930. The van der Waals surface area contributed by atoms with E-state index in [4.69, 9.17) is 9.47 Å². The van der Waals surface area contributed by atoms with Crippen molar-refractivity contribution in [2.75, 3.05) is 20.7 Å². The Kier molecular flexibility index (Phi) is 14.9. The molecule has 0 aliphatic heterocycles. The van der Waals surface area contributed by atoms with Crippen molar-refractivity contribution in [1.29, 1.82) is 0 Å². The smallest absolute Gasteiger partial charge is 0.407 e. The second-order valence-electron chi connectivity index (χ2n) is 15.3. The predicted octanol–water partition coefficient (Wildman–Crippen LogP) is 5.76. The van der Waals surface area contributed by atoms with Crippen LogP contribution in [0.3, 0.4) is 0 Å². The van der Waals surface area contributed by atoms with E-state index in [0.717, 1.165) is 27.2 Å². The number of hydrogen-bond donors (Lipinski definition) is 3. The van der Waals surface area contributed by atoms with Gasteiger partial charge in [0.15, 0.2) is 0 Å². The lowest BCUT2D eigenvalue weighted by atomic mass is 9.98. The molecule has 3 N–H and O–H groups in total. The number of amides is 4. The predicted molar refractivity (Wildman–Crippen MR) is 231 cm³/mol. The number of fused-ring (bicyclic) bond motifs is 3. The molecule has 13 nitrogen and oxygen atoms in total. The Balaban J connectivity index is 1.26. The SMILES string of the molecule is CC(NC(=O)C(Cc1ccccc1)N(C)C(=O)C(Cc1ccccc1)N(C)C(=O)C(CC(=O)OCc1ccccc1)NC(=O)OCC1c2ccccc2-c2ccccc21)C(=O)O. The molecule has 0 spiro atoms. The molecule has 4 amide bonds. The second kappa shape index (κ2) is 20.8. The molecule has 0 saturated heterocycles. The lowest BCUT2D eigenvalue weighted by Crippen LogP contribution is -2.59. The summed E-state index contributed by atoms with van der Waals surface area (Å²) in [7, 11) is 2.81. The van der Waals surface area contributed by atoms with Crippen LogP contribution in [0.4, 0.5) is 4.79 Å². The highest BCUT2D eigenvalue weighted by Crippen LogP contribution is 2.44. The first-order valence-electron chi connectivity index (χ1n) is 20.4. The lowest BCUT2D eigenvalue weighted by molar-refractivity contribution is -0.151. The Bertz CT molecular complexity index is 2310. The minimum absolute atomic E-state index is 0.00637. The largest absolute Gasteiger partial charge is 0.480 e. The van der Waals surface area contributed by atoms with E-state index in [2.05, 4.69) is 10.6 Å². The van der Waals surface area contributed by atoms with Crippen molar-refractivity contribution < 1.29 is 43.3 Å². The van der Waals surface area contributed by atoms with Gasteiger partial charge in [-0.2, -0.15) is 0 Å². The van der Waals surface area contributed by atoms with Gasteiger partial charge in [-0.1, -0.05) is 140 Å². The molecule has 0 aromatic heterocycles. The molecular formula is C49H50N4O9. The lowest BCUT2D eigenvalue weighted by Gasteiger charge is -2.36. The number of carbonyl (C=O) groups excluding carboxylic acids is 5. The highest BCUT2D eigenvalue weighted by Gasteiger charge is 2.39. The normalized spacial score (nSPS) is 13.5. The van der Waals surface area contributed by atoms with Gasteiger partial charge in [0.05, 0.1) is 6.42 Å². The Morgan fingerprint density at radius 1 is 0.597 bits per heavy atom. The van der Waals surface area contributed by atoms with Gasteiger partial charge in [-0.05, 0) is 45.9 Å². The Labute approximate surface area is 360 Å². The van der Waals surface area contributed by atoms with E-state index < -0.39 is 66.3 Å². The molecule has 62 heavy (non-hydrogen) atoms. The maximum absolute atomic E-state index is 14.8. The van der Waals surface area contributed by atoms with Gasteiger partial charge >= 0.3 is 18.0 Å². The number of carboxylic acid groups (broad SMARTS) is 1. The second-order valence-corrected chi connectivity index (χ2v) is 15.3. The molecule has 4 atom stereocenters. The molecule has 320 valence electrons. The number of benzene rings is 5. The zero-order valence-electron chi connectivity index (χ0n) is 34.8. The van der Waals surface area contributed by atoms with E-state index in [1.165, 1.54) is 25.9 Å². The van der Waals surface area contributed by atoms with Crippen molar-refractivity contribution >= 4 is 35.8 Å². The molecule has 5 aromatic rings. The van der Waals surface area contributed by atoms with Gasteiger partial charge in [-0.3, -0.25) is 24.0 Å². The number of rotatable bonds is 18. The maximum atomic E-state index is 14.8. The number of nitrogens with zero attached hydrogens (tertiary/aromatic N) is 2. The minimum atomic E-state index is -1.53. The fraction of sp³-hybridized carbons (Fsp3) is 0.265. The standard InChI is InChI=1S/C49H50N4O9/c1-32(48(58)59)50-45(55)42(27-33-17-7-4-8-18-33)52(2)47(57)43(28-34-19-9-5-10-20-34)53(3)46(56)41(29-44(54)61-30-35-21-11-6-12-22-35)51-49(60)62-31-40-38-25-15-13-23-36(38)37-24-14-16-26-39(37)40/h4-26,32,40-43H,27-31H2,1-3H3,(H,50,55)(H,51,60)(H,58,59). The van der Waals surface area contributed by atoms with Crippen LogP contribution in [-0.4, -0.2) is 95.5 Å². The number of likely N-dealkylation sites (N-methyl/N-ethyl adjacent to an activating group) is 2. The highest BCUT2D eigenvalue weighted by atomic mass is 16.5. The zero-order valence-corrected chi connectivity index (χ0v) is 34.8. The van der Waals surface area contributed by atoms with Crippen LogP contribution < -0.4 is 10.6 Å². The minimum Gasteiger partial charge on any atom is -0.480 e. The Hall–Kier alpha value is -7.28. The molecule has 0 bridgehead atoms. The molecule has 6 rings (SSSR count). The first kappa shape index (κ1) is 44.3. The third-order valence-corrected chi connectivity index (χ3v) is 11.0. The van der Waals surface area contributed by atoms with Crippen molar-refractivity contribution in [3.8, 4) is 11.1 Å². The van der Waals surface area contributed by atoms with Gasteiger partial charge in [0.25, 0.3) is 0 Å². The Morgan fingerprint density at radius 3 is 1.60 bits per heavy atom. The number of esters is 1. The monoisotopic (exact) mass is 838 g/mol. The summed E-state index contributed by atoms with van der Waals surface area (Å²) in [6.45, 7) is 1.19. The maximum Gasteiger partial charge on any atom is 0.407 e. The summed E-state index contributed by atoms with van der Waals surface area (Å²) in [6, 6.07) is 37.3. The zero-order chi connectivity index (χ0) is 44.2. The third kappa shape index (κ3) is 11.1. The van der Waals surface area contributed by atoms with Gasteiger partial charge in [0.1, 0.15) is 37.4 Å². The Morgan fingerprint density at radius 2 is 1.06 bits per heavy atom. The number of ether oxygens (including phenoxy) is 2. The van der Waals surface area contributed by atoms with Crippen LogP contribution in [0, 0.1) is 0 Å². The number of nitrogens with one attached hydrogen (secondary N) is 2. The molecule has 1 aliphatic rings. The van der Waals surface area contributed by atoms with Gasteiger partial charge in [-0.15, -0.1) is 0 Å². The summed E-state index contributed by atoms with van der Waals surface area (Å²) >= 11 is 0. The van der Waals surface area contributed by atoms with Crippen LogP contribution in [0.5, 0.6) is 0 Å². The molecule has 4 unspecified atom stereocenters. The summed E-state index contributed by atoms with van der Waals surface area (Å²) in [6.07, 6.45) is -1.51. The van der Waals surface area contributed by atoms with E-state index in [0.29, 0.717) is 16.7 Å². The van der Waals surface area contributed by atoms with Crippen molar-refractivity contribution in [2.45, 2.75) is 62.9 Å². The summed E-state index contributed by atoms with van der Waals surface area (Å²) in [5.41, 5.74) is 6.15. The number of carbonyl (C=O) groups is 6. The van der Waals surface area contributed by atoms with Crippen LogP contribution in [-0.2, 0) is 52.9 Å². The van der Waals surface area contributed by atoms with Gasteiger partial charge in [0, 0.05) is 32.9 Å². The van der Waals surface area contributed by atoms with Gasteiger partial charge in [0.2, 0.25) is 17.7 Å². The fourth-order valence-corrected chi connectivity index (χ4v) is 7.58. The molecule has 0 radical (unpaired) electrons. The highest BCUT2D eigenvalue weighted by molar-refractivity contribution is 5.96. The van der Waals surface area contributed by atoms with Crippen molar-refractivity contribution in [3.63, 3.8) is 0 Å². The first-order valence-corrected chi connectivity index (χ1v) is 20.4. The summed E-state index contributed by atoms with van der Waals surface area (Å²) in [5.74, 6) is -4.45. The van der Waals surface area contributed by atoms with Crippen molar-refractivity contribution in [2.24, 2.45) is 0 Å². The third-order valence-electron chi connectivity index (χ3n) is 11.0. The molecule has 13 heteroatoms. The van der Waals surface area contributed by atoms with E-state index >= 15 is 0 Å². The van der Waals surface area contributed by atoms with E-state index in [1.807, 2.05) is 54.6 Å². The number of alkyl carbamates (subject to hydrolysis) is 1. The van der Waals surface area contributed by atoms with Crippen molar-refractivity contribution in [1.82, 2.24) is 20.4 Å². The summed E-state index contributed by atoms with van der Waals surface area (Å²) in [4.78, 5) is 84.3. The fourth-order valence-electron chi connectivity index (χ4n) is 7.58. The van der Waals surface area contributed by atoms with Crippen LogP contribution in [0.2, 0.25) is 0 Å². The first-order chi connectivity index (χ1) is 29.9. The molecule has 0 fully saturated rings. The number of carboxylic acids is 1. The average molecular weight is 839 g/mol. The molecular weight excluding hydrogens is 789 g/mol. The molecule has 0 heterocycles.